The highest BCUT2D eigenvalue weighted by atomic mass is 35.5. The molecule has 0 spiro atoms. The van der Waals surface area contributed by atoms with Gasteiger partial charge in [0.25, 0.3) is 0 Å². The van der Waals surface area contributed by atoms with Crippen LogP contribution in [0.15, 0.2) is 70.4 Å². The van der Waals surface area contributed by atoms with Gasteiger partial charge in [-0.2, -0.15) is 0 Å². The molecule has 0 unspecified atom stereocenters. The number of para-hydroxylation sites is 1. The molecule has 0 aliphatic carbocycles. The number of benzene rings is 1. The maximum absolute atomic E-state index is 6.00. The molecule has 0 N–H and O–H groups in total. The number of hydrogen-bond donors (Lipinski definition) is 0. The highest BCUT2D eigenvalue weighted by molar-refractivity contribution is 7.98. The van der Waals surface area contributed by atoms with E-state index in [9.17, 15) is 0 Å². The Hall–Kier alpha value is -2.02. The Kier molecular flexibility index (Phi) is 4.42. The van der Waals surface area contributed by atoms with Crippen molar-refractivity contribution in [3.63, 3.8) is 0 Å². The molecule has 0 aliphatic rings. The third-order valence-electron chi connectivity index (χ3n) is 3.36. The Morgan fingerprint density at radius 2 is 1.92 bits per heavy atom. The molecule has 0 saturated heterocycles. The Bertz CT molecular complexity index is 932. The van der Waals surface area contributed by atoms with E-state index in [4.69, 9.17) is 16.0 Å². The molecule has 3 aromatic heterocycles. The first-order chi connectivity index (χ1) is 11.8. The quantitative estimate of drug-likeness (QED) is 0.431. The number of furan rings is 1. The fourth-order valence-corrected chi connectivity index (χ4v) is 4.39. The van der Waals surface area contributed by atoms with Gasteiger partial charge in [-0.1, -0.05) is 41.6 Å². The van der Waals surface area contributed by atoms with Gasteiger partial charge in [0.2, 0.25) is 5.82 Å². The van der Waals surface area contributed by atoms with E-state index in [2.05, 4.69) is 10.2 Å². The van der Waals surface area contributed by atoms with E-state index in [1.165, 1.54) is 4.88 Å². The van der Waals surface area contributed by atoms with Crippen molar-refractivity contribution in [2.45, 2.75) is 10.9 Å². The first-order valence-electron chi connectivity index (χ1n) is 7.23. The lowest BCUT2D eigenvalue weighted by atomic mass is 10.3. The molecule has 0 bridgehead atoms. The fraction of sp³-hybridized carbons (Fsp3) is 0.0588. The first kappa shape index (κ1) is 15.5. The van der Waals surface area contributed by atoms with Crippen LogP contribution in [0.25, 0.3) is 17.3 Å². The summed E-state index contributed by atoms with van der Waals surface area (Å²) >= 11 is 9.21. The number of nitrogens with zero attached hydrogens (tertiary/aromatic N) is 3. The van der Waals surface area contributed by atoms with Gasteiger partial charge in [0, 0.05) is 16.3 Å². The summed E-state index contributed by atoms with van der Waals surface area (Å²) in [6, 6.07) is 17.7. The van der Waals surface area contributed by atoms with Crippen molar-refractivity contribution >= 4 is 34.7 Å². The van der Waals surface area contributed by atoms with Crippen LogP contribution in [-0.4, -0.2) is 14.8 Å². The number of thioether (sulfide) groups is 1. The fourth-order valence-electron chi connectivity index (χ4n) is 2.30. The molecule has 0 radical (unpaired) electrons. The van der Waals surface area contributed by atoms with Crippen molar-refractivity contribution in [1.29, 1.82) is 0 Å². The van der Waals surface area contributed by atoms with Gasteiger partial charge in [-0.3, -0.25) is 4.57 Å². The average Bonchev–Trinajstić information content (AvgIpc) is 3.34. The van der Waals surface area contributed by atoms with E-state index >= 15 is 0 Å². The van der Waals surface area contributed by atoms with Crippen molar-refractivity contribution in [3.8, 4) is 17.3 Å². The minimum absolute atomic E-state index is 0.692. The van der Waals surface area contributed by atoms with Crippen molar-refractivity contribution in [2.24, 2.45) is 0 Å². The molecule has 120 valence electrons. The number of hydrogen-bond acceptors (Lipinski definition) is 5. The van der Waals surface area contributed by atoms with Gasteiger partial charge in [0.1, 0.15) is 0 Å². The first-order valence-corrected chi connectivity index (χ1v) is 9.41. The topological polar surface area (TPSA) is 43.9 Å². The van der Waals surface area contributed by atoms with E-state index in [0.29, 0.717) is 11.6 Å². The second-order valence-corrected chi connectivity index (χ2v) is 7.69. The van der Waals surface area contributed by atoms with E-state index < -0.39 is 0 Å². The van der Waals surface area contributed by atoms with Crippen LogP contribution in [0.5, 0.6) is 0 Å². The predicted molar refractivity (Wildman–Crippen MR) is 98.0 cm³/mol. The molecular weight excluding hydrogens is 362 g/mol. The maximum Gasteiger partial charge on any atom is 0.205 e. The number of aromatic nitrogens is 3. The molecule has 3 heterocycles. The highest BCUT2D eigenvalue weighted by Crippen LogP contribution is 2.32. The summed E-state index contributed by atoms with van der Waals surface area (Å²) in [5.74, 6) is 2.18. The minimum atomic E-state index is 0.692. The number of thiophene rings is 1. The van der Waals surface area contributed by atoms with E-state index in [-0.39, 0.29) is 0 Å². The molecule has 24 heavy (non-hydrogen) atoms. The summed E-state index contributed by atoms with van der Waals surface area (Å²) in [7, 11) is 0. The largest absolute Gasteiger partial charge is 0.461 e. The second kappa shape index (κ2) is 6.84. The van der Waals surface area contributed by atoms with Crippen molar-refractivity contribution < 1.29 is 4.42 Å². The number of rotatable bonds is 5. The van der Waals surface area contributed by atoms with Crippen molar-refractivity contribution in [3.05, 3.63) is 70.1 Å². The molecule has 4 nitrogen and oxygen atoms in total. The van der Waals surface area contributed by atoms with Crippen LogP contribution in [0.4, 0.5) is 0 Å². The third-order valence-corrected chi connectivity index (χ3v) is 5.75. The van der Waals surface area contributed by atoms with Crippen LogP contribution in [0.3, 0.4) is 0 Å². The number of halogens is 1. The smallest absolute Gasteiger partial charge is 0.205 e. The summed E-state index contributed by atoms with van der Waals surface area (Å²) < 4.78 is 8.32. The van der Waals surface area contributed by atoms with Crippen LogP contribution < -0.4 is 0 Å². The molecule has 7 heteroatoms. The molecule has 0 saturated carbocycles. The molecule has 1 aromatic carbocycles. The molecule has 0 aliphatic heterocycles. The van der Waals surface area contributed by atoms with E-state index in [1.54, 1.807) is 29.4 Å². The van der Waals surface area contributed by atoms with Crippen LogP contribution in [-0.2, 0) is 5.75 Å². The lowest BCUT2D eigenvalue weighted by Crippen LogP contribution is -1.98. The standard InChI is InChI=1S/C17H12ClN3OS2/c18-15-9-8-13(24-15)11-23-17-20-19-16(14-7-4-10-22-14)21(17)12-5-2-1-3-6-12/h1-10H,11H2. The maximum atomic E-state index is 6.00. The Labute approximate surface area is 152 Å². The van der Waals surface area contributed by atoms with Crippen LogP contribution in [0.2, 0.25) is 4.34 Å². The molecular formula is C17H12ClN3OS2. The predicted octanol–water partition coefficient (Wildman–Crippen LogP) is 5.53. The lowest BCUT2D eigenvalue weighted by Gasteiger charge is -2.08. The Balaban J connectivity index is 1.71. The zero-order valence-electron chi connectivity index (χ0n) is 12.4. The van der Waals surface area contributed by atoms with Gasteiger partial charge in [0.05, 0.1) is 10.6 Å². The Morgan fingerprint density at radius 3 is 2.62 bits per heavy atom. The summed E-state index contributed by atoms with van der Waals surface area (Å²) in [5, 5.41) is 9.50. The van der Waals surface area contributed by atoms with Gasteiger partial charge in [-0.05, 0) is 36.4 Å². The third kappa shape index (κ3) is 3.13. The molecule has 0 atom stereocenters. The van der Waals surface area contributed by atoms with E-state index in [1.807, 2.05) is 59.2 Å². The molecule has 0 fully saturated rings. The Morgan fingerprint density at radius 1 is 1.04 bits per heavy atom. The van der Waals surface area contributed by atoms with Gasteiger partial charge in [0.15, 0.2) is 10.9 Å². The summed E-state index contributed by atoms with van der Waals surface area (Å²) in [5.41, 5.74) is 1.00. The molecule has 4 aromatic rings. The zero-order valence-corrected chi connectivity index (χ0v) is 14.8. The van der Waals surface area contributed by atoms with Crippen LogP contribution in [0, 0.1) is 0 Å². The minimum Gasteiger partial charge on any atom is -0.461 e. The highest BCUT2D eigenvalue weighted by Gasteiger charge is 2.18. The van der Waals surface area contributed by atoms with Crippen molar-refractivity contribution in [1.82, 2.24) is 14.8 Å². The van der Waals surface area contributed by atoms with E-state index in [0.717, 1.165) is 20.9 Å². The van der Waals surface area contributed by atoms with Gasteiger partial charge >= 0.3 is 0 Å². The zero-order chi connectivity index (χ0) is 16.4. The summed E-state index contributed by atoms with van der Waals surface area (Å²) in [4.78, 5) is 1.20. The normalized spacial score (nSPS) is 11.0. The summed E-state index contributed by atoms with van der Waals surface area (Å²) in [6.45, 7) is 0. The average molecular weight is 374 g/mol. The summed E-state index contributed by atoms with van der Waals surface area (Å²) in [6.07, 6.45) is 1.64. The second-order valence-electron chi connectivity index (χ2n) is 4.95. The molecule has 0 amide bonds. The lowest BCUT2D eigenvalue weighted by molar-refractivity contribution is 0.575. The van der Waals surface area contributed by atoms with Gasteiger partial charge in [-0.15, -0.1) is 21.5 Å². The molecule has 4 rings (SSSR count). The monoisotopic (exact) mass is 373 g/mol. The van der Waals surface area contributed by atoms with Gasteiger partial charge in [-0.25, -0.2) is 0 Å². The van der Waals surface area contributed by atoms with Crippen LogP contribution >= 0.6 is 34.7 Å². The van der Waals surface area contributed by atoms with Crippen LogP contribution in [0.1, 0.15) is 4.88 Å². The van der Waals surface area contributed by atoms with Gasteiger partial charge < -0.3 is 4.42 Å². The SMILES string of the molecule is Clc1ccc(CSc2nnc(-c3ccco3)n2-c2ccccc2)s1. The van der Waals surface area contributed by atoms with Crippen molar-refractivity contribution in [2.75, 3.05) is 0 Å².